The second-order valence-electron chi connectivity index (χ2n) is 9.20. The molecule has 0 saturated carbocycles. The van der Waals surface area contributed by atoms with Gasteiger partial charge >= 0.3 is 0 Å². The van der Waals surface area contributed by atoms with E-state index < -0.39 is 29.7 Å². The predicted octanol–water partition coefficient (Wildman–Crippen LogP) is 6.42. The third kappa shape index (κ3) is 5.11. The Labute approximate surface area is 239 Å². The maximum atomic E-state index is 13.7. The van der Waals surface area contributed by atoms with Gasteiger partial charge in [-0.2, -0.15) is 0 Å². The van der Waals surface area contributed by atoms with Gasteiger partial charge in [0.1, 0.15) is 0 Å². The second kappa shape index (κ2) is 10.0. The van der Waals surface area contributed by atoms with Gasteiger partial charge in [-0.1, -0.05) is 36.4 Å². The van der Waals surface area contributed by atoms with Gasteiger partial charge in [-0.3, -0.25) is 9.59 Å². The highest BCUT2D eigenvalue weighted by Gasteiger charge is 2.34. The Morgan fingerprint density at radius 2 is 0.950 bits per heavy atom. The predicted molar refractivity (Wildman–Crippen MR) is 155 cm³/mol. The van der Waals surface area contributed by atoms with Gasteiger partial charge in [-0.15, -0.1) is 0 Å². The molecule has 0 bridgehead atoms. The zero-order valence-corrected chi connectivity index (χ0v) is 24.1. The van der Waals surface area contributed by atoms with Gasteiger partial charge in [-0.05, 0) is 61.4 Å². The van der Waals surface area contributed by atoms with Crippen molar-refractivity contribution < 1.29 is 26.4 Å². The van der Waals surface area contributed by atoms with Crippen LogP contribution in [-0.2, 0) is 18.1 Å². The number of hydrogen-bond acceptors (Lipinski definition) is 8. The molecule has 8 nitrogen and oxygen atoms in total. The largest absolute Gasteiger partial charge is 0.355 e. The number of halogens is 2. The fourth-order valence-corrected chi connectivity index (χ4v) is 7.06. The number of benzene rings is 4. The van der Waals surface area contributed by atoms with Gasteiger partial charge in [0.25, 0.3) is 18.1 Å². The normalized spacial score (nSPS) is 13.0. The molecule has 204 valence electrons. The lowest BCUT2D eigenvalue weighted by molar-refractivity contribution is 0.0980. The molecule has 12 heteroatoms. The third-order valence-corrected chi connectivity index (χ3v) is 9.46. The number of carbonyl (C=O) groups is 2. The van der Waals surface area contributed by atoms with E-state index in [1.807, 2.05) is 0 Å². The first-order chi connectivity index (χ1) is 18.8. The molecule has 40 heavy (non-hydrogen) atoms. The summed E-state index contributed by atoms with van der Waals surface area (Å²) in [7, 11) is 3.11. The van der Waals surface area contributed by atoms with E-state index in [1.165, 1.54) is 12.1 Å². The van der Waals surface area contributed by atoms with E-state index in [-0.39, 0.29) is 43.4 Å². The number of rotatable bonds is 6. The van der Waals surface area contributed by atoms with E-state index >= 15 is 0 Å². The highest BCUT2D eigenvalue weighted by atomic mass is 35.7. The minimum atomic E-state index is -4.03. The van der Waals surface area contributed by atoms with Crippen LogP contribution in [0.2, 0.25) is 0 Å². The van der Waals surface area contributed by atoms with Crippen molar-refractivity contribution in [3.63, 3.8) is 0 Å². The van der Waals surface area contributed by atoms with Crippen molar-refractivity contribution >= 4 is 73.8 Å². The molecule has 0 saturated heterocycles. The van der Waals surface area contributed by atoms with Crippen LogP contribution >= 0.6 is 21.4 Å². The molecule has 0 atom stereocenters. The van der Waals surface area contributed by atoms with Gasteiger partial charge in [-0.25, -0.2) is 16.8 Å². The third-order valence-electron chi connectivity index (χ3n) is 6.54. The maximum absolute atomic E-state index is 13.7. The molecule has 0 heterocycles. The average molecular weight is 616 g/mol. The van der Waals surface area contributed by atoms with E-state index in [9.17, 15) is 26.4 Å². The summed E-state index contributed by atoms with van der Waals surface area (Å²) in [4.78, 5) is 27.3. The summed E-state index contributed by atoms with van der Waals surface area (Å²) in [6, 6.07) is 18.7. The fourth-order valence-electron chi connectivity index (χ4n) is 4.62. The summed E-state index contributed by atoms with van der Waals surface area (Å²) < 4.78 is 48.1. The summed E-state index contributed by atoms with van der Waals surface area (Å²) in [5.41, 5.74) is 2.68. The number of nitrogens with one attached hydrogen (secondary N) is 2. The smallest absolute Gasteiger partial charge is 0.261 e. The molecule has 4 aromatic rings. The van der Waals surface area contributed by atoms with E-state index in [4.69, 9.17) is 21.4 Å². The molecule has 0 radical (unpaired) electrons. The number of anilines is 4. The van der Waals surface area contributed by atoms with Crippen LogP contribution in [0.4, 0.5) is 22.7 Å². The maximum Gasteiger partial charge on any atom is 0.261 e. The molecule has 2 N–H and O–H groups in total. The Balaban J connectivity index is 1.67. The highest BCUT2D eigenvalue weighted by molar-refractivity contribution is 8.14. The van der Waals surface area contributed by atoms with Crippen molar-refractivity contribution in [3.05, 3.63) is 106 Å². The molecular weight excluding hydrogens is 595 g/mol. The lowest BCUT2D eigenvalue weighted by atomic mass is 9.82. The summed E-state index contributed by atoms with van der Waals surface area (Å²) in [6.07, 6.45) is 0. The van der Waals surface area contributed by atoms with Gasteiger partial charge in [0.05, 0.1) is 32.3 Å². The molecule has 0 spiro atoms. The van der Waals surface area contributed by atoms with Crippen LogP contribution in [0.5, 0.6) is 0 Å². The SMILES string of the molecule is Cc1ccc(Nc2ccc(Nc3ccc(C)c(S(=O)(=O)Cl)c3)c3c2C(=O)c2ccccc2C3=O)cc1S(=O)(=O)Cl. The summed E-state index contributed by atoms with van der Waals surface area (Å²) in [5.74, 6) is -0.830. The number of fused-ring (bicyclic) bond motifs is 2. The number of hydrogen-bond donors (Lipinski definition) is 2. The standard InChI is InChI=1S/C28H20Cl2N2O6S2/c1-15-7-9-17(13-23(15)39(29,35)36)31-21-11-12-22(32-18-10-8-16(2)24(14-18)40(30,37)38)26-25(21)27(33)19-5-3-4-6-20(19)28(26)34/h3-14,31-32H,1-2H3. The topological polar surface area (TPSA) is 126 Å². The minimum absolute atomic E-state index is 0.0712. The van der Waals surface area contributed by atoms with Gasteiger partial charge in [0, 0.05) is 43.9 Å². The quantitative estimate of drug-likeness (QED) is 0.210. The first-order valence-corrected chi connectivity index (χ1v) is 16.4. The summed E-state index contributed by atoms with van der Waals surface area (Å²) in [5, 5.41) is 6.12. The molecule has 0 amide bonds. The number of ketones is 2. The Kier molecular flexibility index (Phi) is 6.99. The molecule has 5 rings (SSSR count). The molecule has 1 aliphatic carbocycles. The van der Waals surface area contributed by atoms with Crippen molar-refractivity contribution in [2.24, 2.45) is 0 Å². The van der Waals surface area contributed by atoms with Crippen molar-refractivity contribution in [2.75, 3.05) is 10.6 Å². The minimum Gasteiger partial charge on any atom is -0.355 e. The van der Waals surface area contributed by atoms with Crippen LogP contribution in [0, 0.1) is 13.8 Å². The average Bonchev–Trinajstić information content (AvgIpc) is 2.88. The van der Waals surface area contributed by atoms with Crippen molar-refractivity contribution in [1.29, 1.82) is 0 Å². The van der Waals surface area contributed by atoms with Gasteiger partial charge in [0.15, 0.2) is 11.6 Å². The monoisotopic (exact) mass is 614 g/mol. The lowest BCUT2D eigenvalue weighted by Crippen LogP contribution is -2.23. The zero-order valence-electron chi connectivity index (χ0n) is 21.0. The summed E-state index contributed by atoms with van der Waals surface area (Å²) >= 11 is 0. The number of carbonyl (C=O) groups excluding carboxylic acids is 2. The Morgan fingerprint density at radius 1 is 0.575 bits per heavy atom. The molecule has 4 aromatic carbocycles. The zero-order chi connectivity index (χ0) is 29.0. The number of aryl methyl sites for hydroxylation is 2. The Bertz CT molecular complexity index is 1830. The molecule has 0 aromatic heterocycles. The van der Waals surface area contributed by atoms with Crippen LogP contribution in [0.1, 0.15) is 43.0 Å². The van der Waals surface area contributed by atoms with Gasteiger partial charge < -0.3 is 10.6 Å². The Hall–Kier alpha value is -3.70. The van der Waals surface area contributed by atoms with E-state index in [1.54, 1.807) is 74.5 Å². The molecule has 0 aliphatic heterocycles. The Morgan fingerprint density at radius 3 is 1.30 bits per heavy atom. The van der Waals surface area contributed by atoms with Crippen LogP contribution in [0.3, 0.4) is 0 Å². The first kappa shape index (κ1) is 27.9. The molecular formula is C28H20Cl2N2O6S2. The lowest BCUT2D eigenvalue weighted by Gasteiger charge is -2.24. The molecule has 0 fully saturated rings. The van der Waals surface area contributed by atoms with E-state index in [0.717, 1.165) is 0 Å². The van der Waals surface area contributed by atoms with E-state index in [2.05, 4.69) is 10.6 Å². The van der Waals surface area contributed by atoms with Crippen molar-refractivity contribution in [3.8, 4) is 0 Å². The first-order valence-electron chi connectivity index (χ1n) is 11.8. The van der Waals surface area contributed by atoms with Gasteiger partial charge in [0.2, 0.25) is 0 Å². The van der Waals surface area contributed by atoms with Crippen LogP contribution in [-0.4, -0.2) is 28.4 Å². The highest BCUT2D eigenvalue weighted by Crippen LogP contribution is 2.39. The van der Waals surface area contributed by atoms with Crippen LogP contribution < -0.4 is 10.6 Å². The van der Waals surface area contributed by atoms with Crippen molar-refractivity contribution in [2.45, 2.75) is 23.6 Å². The van der Waals surface area contributed by atoms with E-state index in [0.29, 0.717) is 22.5 Å². The van der Waals surface area contributed by atoms with Crippen LogP contribution in [0.25, 0.3) is 0 Å². The fraction of sp³-hybridized carbons (Fsp3) is 0.0714. The second-order valence-corrected chi connectivity index (χ2v) is 14.3. The van der Waals surface area contributed by atoms with Crippen LogP contribution in [0.15, 0.2) is 82.6 Å². The molecule has 0 unspecified atom stereocenters. The van der Waals surface area contributed by atoms with Crippen molar-refractivity contribution in [1.82, 2.24) is 0 Å². The molecule has 1 aliphatic rings. The summed E-state index contributed by atoms with van der Waals surface area (Å²) in [6.45, 7) is 3.21.